The molecule has 0 aliphatic carbocycles. The fourth-order valence-corrected chi connectivity index (χ4v) is 2.49. The number of sulfonamides is 1. The van der Waals surface area contributed by atoms with Gasteiger partial charge in [0.15, 0.2) is 0 Å². The Morgan fingerprint density at radius 3 is 2.06 bits per heavy atom. The maximum Gasteiger partial charge on any atom is 0.318 e. The minimum Gasteiger partial charge on any atom is -0.480 e. The first kappa shape index (κ1) is 14.6. The van der Waals surface area contributed by atoms with Crippen LogP contribution in [0.4, 0.5) is 0 Å². The third kappa shape index (κ3) is 3.77. The molecule has 1 aromatic rings. The van der Waals surface area contributed by atoms with Crippen molar-refractivity contribution >= 4 is 47.9 Å². The first-order chi connectivity index (χ1) is 7.73. The minimum atomic E-state index is -3.73. The fraction of sp³-hybridized carbons (Fsp3) is 0.222. The summed E-state index contributed by atoms with van der Waals surface area (Å²) in [6.45, 7) is 0. The molecule has 1 aromatic carbocycles. The molecule has 0 spiro atoms. The van der Waals surface area contributed by atoms with Crippen molar-refractivity contribution in [3.05, 3.63) is 29.8 Å². The summed E-state index contributed by atoms with van der Waals surface area (Å²) in [7, 11) is -3.73. The topological polar surface area (TPSA) is 97.5 Å². The number of primary sulfonamides is 1. The van der Waals surface area contributed by atoms with Crippen LogP contribution in [-0.2, 0) is 14.8 Å². The Balaban J connectivity index is 2.99. The van der Waals surface area contributed by atoms with E-state index >= 15 is 0 Å². The number of carboxylic acids is 1. The highest BCUT2D eigenvalue weighted by Gasteiger charge is 2.24. The highest BCUT2D eigenvalue weighted by Crippen LogP contribution is 2.31. The number of hydrogen-bond acceptors (Lipinski definition) is 3. The lowest BCUT2D eigenvalue weighted by molar-refractivity contribution is -0.136. The first-order valence-corrected chi connectivity index (χ1v) is 7.75. The Hall–Kier alpha value is -0.440. The molecular weight excluding hydrogens is 378 g/mol. The highest BCUT2D eigenvalue weighted by molar-refractivity contribution is 9.12. The molecule has 94 valence electrons. The van der Waals surface area contributed by atoms with Crippen LogP contribution in [0.25, 0.3) is 0 Å². The summed E-state index contributed by atoms with van der Waals surface area (Å²) in [6.07, 6.45) is 0. The van der Waals surface area contributed by atoms with E-state index in [9.17, 15) is 13.2 Å². The second-order valence-electron chi connectivity index (χ2n) is 3.26. The lowest BCUT2D eigenvalue weighted by atomic mass is 10.1. The van der Waals surface area contributed by atoms with Gasteiger partial charge in [0.2, 0.25) is 10.0 Å². The molecule has 0 fully saturated rings. The lowest BCUT2D eigenvalue weighted by Crippen LogP contribution is -2.18. The zero-order chi connectivity index (χ0) is 13.2. The molecule has 3 N–H and O–H groups in total. The SMILES string of the molecule is NS(=O)(=O)c1ccc([C@@H](Br)[C@@H](Br)C(=O)O)cc1. The highest BCUT2D eigenvalue weighted by atomic mass is 79.9. The number of alkyl halides is 2. The molecule has 0 aliphatic heterocycles. The van der Waals surface area contributed by atoms with Crippen LogP contribution in [0.15, 0.2) is 29.2 Å². The number of carboxylic acid groups (broad SMARTS) is 1. The lowest BCUT2D eigenvalue weighted by Gasteiger charge is -2.13. The van der Waals surface area contributed by atoms with Crippen molar-refractivity contribution in [2.45, 2.75) is 14.5 Å². The van der Waals surface area contributed by atoms with Crippen molar-refractivity contribution < 1.29 is 18.3 Å². The Kier molecular flexibility index (Phi) is 4.70. The van der Waals surface area contributed by atoms with Crippen molar-refractivity contribution in [1.82, 2.24) is 0 Å². The van der Waals surface area contributed by atoms with E-state index in [4.69, 9.17) is 10.2 Å². The Bertz CT molecular complexity index is 514. The van der Waals surface area contributed by atoms with Gasteiger partial charge in [-0.15, -0.1) is 0 Å². The van der Waals surface area contributed by atoms with E-state index < -0.39 is 25.6 Å². The number of aliphatic carboxylic acids is 1. The summed E-state index contributed by atoms with van der Waals surface area (Å²) in [5.74, 6) is -1.01. The number of rotatable bonds is 4. The van der Waals surface area contributed by atoms with Gasteiger partial charge in [-0.25, -0.2) is 13.6 Å². The van der Waals surface area contributed by atoms with Gasteiger partial charge in [-0.3, -0.25) is 4.79 Å². The van der Waals surface area contributed by atoms with Gasteiger partial charge in [0.1, 0.15) is 4.83 Å². The third-order valence-corrected chi connectivity index (χ3v) is 5.64. The standard InChI is InChI=1S/C9H9Br2NO4S/c10-7(8(11)9(13)14)5-1-3-6(4-2-5)17(12,15)16/h1-4,7-8H,(H,13,14)(H2,12,15,16)/t7-,8-/m1/s1. The number of hydrogen-bond donors (Lipinski definition) is 2. The van der Waals surface area contributed by atoms with Crippen molar-refractivity contribution in [3.63, 3.8) is 0 Å². The molecule has 0 amide bonds. The van der Waals surface area contributed by atoms with E-state index in [1.165, 1.54) is 24.3 Å². The van der Waals surface area contributed by atoms with Crippen LogP contribution in [0.5, 0.6) is 0 Å². The van der Waals surface area contributed by atoms with Crippen LogP contribution in [0.3, 0.4) is 0 Å². The van der Waals surface area contributed by atoms with E-state index in [-0.39, 0.29) is 4.90 Å². The normalized spacial score (nSPS) is 15.2. The third-order valence-electron chi connectivity index (χ3n) is 2.02. The summed E-state index contributed by atoms with van der Waals surface area (Å²) in [5, 5.41) is 13.8. The summed E-state index contributed by atoms with van der Waals surface area (Å²) in [5.41, 5.74) is 0.640. The molecule has 0 radical (unpaired) electrons. The molecule has 8 heteroatoms. The molecule has 0 saturated heterocycles. The van der Waals surface area contributed by atoms with Crippen LogP contribution in [-0.4, -0.2) is 24.3 Å². The second-order valence-corrected chi connectivity index (χ2v) is 6.79. The number of carbonyl (C=O) groups is 1. The molecule has 2 atom stereocenters. The van der Waals surface area contributed by atoms with Crippen molar-refractivity contribution in [2.24, 2.45) is 5.14 Å². The molecule has 0 saturated carbocycles. The smallest absolute Gasteiger partial charge is 0.318 e. The maximum atomic E-state index is 11.0. The van der Waals surface area contributed by atoms with Crippen LogP contribution >= 0.6 is 31.9 Å². The van der Waals surface area contributed by atoms with Gasteiger partial charge >= 0.3 is 5.97 Å². The van der Waals surface area contributed by atoms with Crippen LogP contribution in [0.1, 0.15) is 10.4 Å². The maximum absolute atomic E-state index is 11.0. The fourth-order valence-electron chi connectivity index (χ4n) is 1.14. The van der Waals surface area contributed by atoms with Crippen LogP contribution in [0.2, 0.25) is 0 Å². The summed E-state index contributed by atoms with van der Waals surface area (Å²) in [4.78, 5) is 9.47. The molecule has 1 rings (SSSR count). The van der Waals surface area contributed by atoms with Crippen molar-refractivity contribution in [3.8, 4) is 0 Å². The van der Waals surface area contributed by atoms with Gasteiger partial charge in [-0.2, -0.15) is 0 Å². The second kappa shape index (κ2) is 5.47. The molecular formula is C9H9Br2NO4S. The Labute approximate surface area is 115 Å². The number of nitrogens with two attached hydrogens (primary N) is 1. The largest absolute Gasteiger partial charge is 0.480 e. The summed E-state index contributed by atoms with van der Waals surface area (Å²) >= 11 is 6.23. The van der Waals surface area contributed by atoms with E-state index in [0.29, 0.717) is 5.56 Å². The zero-order valence-electron chi connectivity index (χ0n) is 8.38. The number of halogens is 2. The summed E-state index contributed by atoms with van der Waals surface area (Å²) in [6, 6.07) is 5.69. The monoisotopic (exact) mass is 385 g/mol. The van der Waals surface area contributed by atoms with E-state index in [1.807, 2.05) is 0 Å². The molecule has 17 heavy (non-hydrogen) atoms. The Morgan fingerprint density at radius 2 is 1.71 bits per heavy atom. The van der Waals surface area contributed by atoms with Crippen LogP contribution < -0.4 is 5.14 Å². The van der Waals surface area contributed by atoms with Gasteiger partial charge in [-0.05, 0) is 17.7 Å². The number of benzene rings is 1. The Morgan fingerprint density at radius 1 is 1.24 bits per heavy atom. The quantitative estimate of drug-likeness (QED) is 0.768. The zero-order valence-corrected chi connectivity index (χ0v) is 12.4. The summed E-state index contributed by atoms with van der Waals surface area (Å²) < 4.78 is 22.0. The average molecular weight is 387 g/mol. The first-order valence-electron chi connectivity index (χ1n) is 4.37. The predicted molar refractivity (Wildman–Crippen MR) is 69.8 cm³/mol. The van der Waals surface area contributed by atoms with Crippen molar-refractivity contribution in [1.29, 1.82) is 0 Å². The van der Waals surface area contributed by atoms with Gasteiger partial charge in [0, 0.05) is 0 Å². The molecule has 0 unspecified atom stereocenters. The molecule has 0 aromatic heterocycles. The van der Waals surface area contributed by atoms with E-state index in [0.717, 1.165) is 0 Å². The van der Waals surface area contributed by atoms with Crippen LogP contribution in [0, 0.1) is 0 Å². The van der Waals surface area contributed by atoms with E-state index in [2.05, 4.69) is 31.9 Å². The van der Waals surface area contributed by atoms with Gasteiger partial charge in [0.25, 0.3) is 0 Å². The molecule has 0 bridgehead atoms. The van der Waals surface area contributed by atoms with E-state index in [1.54, 1.807) is 0 Å². The average Bonchev–Trinajstić information content (AvgIpc) is 2.26. The minimum absolute atomic E-state index is 0.0117. The molecule has 0 aliphatic rings. The van der Waals surface area contributed by atoms with Gasteiger partial charge in [0.05, 0.1) is 9.72 Å². The van der Waals surface area contributed by atoms with Crippen molar-refractivity contribution in [2.75, 3.05) is 0 Å². The molecule has 0 heterocycles. The molecule has 5 nitrogen and oxygen atoms in total. The predicted octanol–water partition coefficient (Wildman–Crippen LogP) is 1.62. The van der Waals surface area contributed by atoms with Gasteiger partial charge < -0.3 is 5.11 Å². The van der Waals surface area contributed by atoms with Gasteiger partial charge in [-0.1, -0.05) is 44.0 Å².